The average molecular weight is 296 g/mol. The number of anilines is 1. The van der Waals surface area contributed by atoms with Crippen LogP contribution >= 0.6 is 11.8 Å². The number of rotatable bonds is 8. The van der Waals surface area contributed by atoms with E-state index in [0.717, 1.165) is 17.3 Å². The molecule has 6 nitrogen and oxygen atoms in total. The molecule has 0 aliphatic rings. The maximum Gasteiger partial charge on any atom is 0.327 e. The van der Waals surface area contributed by atoms with Crippen molar-refractivity contribution in [2.24, 2.45) is 0 Å². The molecule has 1 aromatic rings. The van der Waals surface area contributed by atoms with Crippen molar-refractivity contribution in [2.75, 3.05) is 16.8 Å². The second-order valence-electron chi connectivity index (χ2n) is 4.11. The lowest BCUT2D eigenvalue weighted by molar-refractivity contribution is -0.139. The molecule has 0 heterocycles. The van der Waals surface area contributed by atoms with Gasteiger partial charge < -0.3 is 15.7 Å². The highest BCUT2D eigenvalue weighted by molar-refractivity contribution is 8.00. The highest BCUT2D eigenvalue weighted by Gasteiger charge is 2.16. The molecule has 0 saturated heterocycles. The van der Waals surface area contributed by atoms with Crippen molar-refractivity contribution in [3.63, 3.8) is 0 Å². The normalized spacial score (nSPS) is 11.4. The van der Waals surface area contributed by atoms with Crippen molar-refractivity contribution in [2.45, 2.75) is 13.0 Å². The first kappa shape index (κ1) is 16.0. The summed E-state index contributed by atoms with van der Waals surface area (Å²) in [5.74, 6) is -1.08. The maximum atomic E-state index is 11.7. The summed E-state index contributed by atoms with van der Waals surface area (Å²) >= 11 is 1.15. The predicted molar refractivity (Wildman–Crippen MR) is 77.8 cm³/mol. The molecule has 0 aromatic heterocycles. The summed E-state index contributed by atoms with van der Waals surface area (Å²) in [6.07, 6.45) is 0.339. The standard InChI is InChI=1S/C13H16N2O4S/c1-9-3-2-4-10(5-9)15-12(17)7-20-6-11(13(18)19)14-8-16/h2-5,8,11H,6-7H2,1H3,(H,14,16)(H,15,17)(H,18,19). The molecule has 3 N–H and O–H groups in total. The van der Waals surface area contributed by atoms with Gasteiger partial charge in [-0.05, 0) is 24.6 Å². The molecule has 0 aliphatic heterocycles. The Kier molecular flexibility index (Phi) is 6.58. The minimum absolute atomic E-state index is 0.123. The Labute approximate surface area is 120 Å². The molecule has 108 valence electrons. The van der Waals surface area contributed by atoms with Crippen LogP contribution in [0, 0.1) is 6.92 Å². The van der Waals surface area contributed by atoms with Crippen LogP contribution in [0.25, 0.3) is 0 Å². The third-order valence-corrected chi connectivity index (χ3v) is 3.42. The van der Waals surface area contributed by atoms with Gasteiger partial charge in [0.05, 0.1) is 5.75 Å². The van der Waals surface area contributed by atoms with E-state index in [4.69, 9.17) is 5.11 Å². The van der Waals surface area contributed by atoms with Crippen molar-refractivity contribution in [1.82, 2.24) is 5.32 Å². The topological polar surface area (TPSA) is 95.5 Å². The van der Waals surface area contributed by atoms with Crippen LogP contribution in [0.4, 0.5) is 5.69 Å². The second-order valence-corrected chi connectivity index (χ2v) is 5.14. The summed E-state index contributed by atoms with van der Waals surface area (Å²) in [4.78, 5) is 32.6. The second kappa shape index (κ2) is 8.21. The summed E-state index contributed by atoms with van der Waals surface area (Å²) in [5.41, 5.74) is 1.74. The van der Waals surface area contributed by atoms with Gasteiger partial charge in [-0.1, -0.05) is 12.1 Å². The molecule has 0 spiro atoms. The Balaban J connectivity index is 2.36. The van der Waals surface area contributed by atoms with E-state index in [2.05, 4.69) is 10.6 Å². The minimum Gasteiger partial charge on any atom is -0.480 e. The molecule has 2 amide bonds. The van der Waals surface area contributed by atoms with E-state index in [1.54, 1.807) is 6.07 Å². The lowest BCUT2D eigenvalue weighted by Crippen LogP contribution is -2.38. The van der Waals surface area contributed by atoms with Crippen molar-refractivity contribution in [1.29, 1.82) is 0 Å². The zero-order valence-electron chi connectivity index (χ0n) is 11.0. The van der Waals surface area contributed by atoms with Gasteiger partial charge in [-0.2, -0.15) is 0 Å². The number of amides is 2. The quantitative estimate of drug-likeness (QED) is 0.619. The fourth-order valence-electron chi connectivity index (χ4n) is 1.46. The Bertz CT molecular complexity index is 493. The fourth-order valence-corrected chi connectivity index (χ4v) is 2.31. The Morgan fingerprint density at radius 2 is 2.20 bits per heavy atom. The molecule has 0 fully saturated rings. The highest BCUT2D eigenvalue weighted by atomic mass is 32.2. The van der Waals surface area contributed by atoms with Gasteiger partial charge >= 0.3 is 5.97 Å². The molecular formula is C13H16N2O4S. The number of carbonyl (C=O) groups excluding carboxylic acids is 2. The van der Waals surface area contributed by atoms with Gasteiger partial charge in [0.2, 0.25) is 12.3 Å². The third kappa shape index (κ3) is 5.75. The van der Waals surface area contributed by atoms with Crippen LogP contribution in [-0.2, 0) is 14.4 Å². The van der Waals surface area contributed by atoms with Gasteiger partial charge in [-0.25, -0.2) is 4.79 Å². The van der Waals surface area contributed by atoms with E-state index in [1.807, 2.05) is 25.1 Å². The van der Waals surface area contributed by atoms with Crippen LogP contribution in [0.5, 0.6) is 0 Å². The van der Waals surface area contributed by atoms with Gasteiger partial charge in [0.25, 0.3) is 0 Å². The number of aryl methyl sites for hydroxylation is 1. The van der Waals surface area contributed by atoms with E-state index in [1.165, 1.54) is 0 Å². The predicted octanol–water partition coefficient (Wildman–Crippen LogP) is 0.866. The summed E-state index contributed by atoms with van der Waals surface area (Å²) in [6, 6.07) is 6.41. The number of aliphatic carboxylic acids is 1. The lowest BCUT2D eigenvalue weighted by atomic mass is 10.2. The summed E-state index contributed by atoms with van der Waals surface area (Å²) in [6.45, 7) is 1.92. The van der Waals surface area contributed by atoms with Crippen molar-refractivity contribution in [3.05, 3.63) is 29.8 Å². The van der Waals surface area contributed by atoms with Gasteiger partial charge in [0, 0.05) is 11.4 Å². The molecule has 0 bridgehead atoms. The zero-order valence-corrected chi connectivity index (χ0v) is 11.8. The van der Waals surface area contributed by atoms with Crippen molar-refractivity contribution in [3.8, 4) is 0 Å². The van der Waals surface area contributed by atoms with E-state index >= 15 is 0 Å². The molecule has 20 heavy (non-hydrogen) atoms. The van der Waals surface area contributed by atoms with Crippen LogP contribution in [0.3, 0.4) is 0 Å². The number of hydrogen-bond donors (Lipinski definition) is 3. The molecular weight excluding hydrogens is 280 g/mol. The van der Waals surface area contributed by atoms with Crippen LogP contribution in [0.1, 0.15) is 5.56 Å². The monoisotopic (exact) mass is 296 g/mol. The number of carboxylic acids is 1. The average Bonchev–Trinajstić information content (AvgIpc) is 2.37. The molecule has 0 saturated carbocycles. The van der Waals surface area contributed by atoms with Crippen LogP contribution < -0.4 is 10.6 Å². The summed E-state index contributed by atoms with van der Waals surface area (Å²) < 4.78 is 0. The van der Waals surface area contributed by atoms with E-state index in [0.29, 0.717) is 12.1 Å². The van der Waals surface area contributed by atoms with Crippen molar-refractivity contribution < 1.29 is 19.5 Å². The number of carboxylic acid groups (broad SMARTS) is 1. The van der Waals surface area contributed by atoms with Crippen LogP contribution in [0.2, 0.25) is 0 Å². The Hall–Kier alpha value is -2.02. The first-order chi connectivity index (χ1) is 9.52. The van der Waals surface area contributed by atoms with Crippen LogP contribution in [0.15, 0.2) is 24.3 Å². The fraction of sp³-hybridized carbons (Fsp3) is 0.308. The molecule has 1 rings (SSSR count). The SMILES string of the molecule is Cc1cccc(NC(=O)CSCC(NC=O)C(=O)O)c1. The van der Waals surface area contributed by atoms with Gasteiger partial charge in [0.15, 0.2) is 0 Å². The molecule has 1 aromatic carbocycles. The van der Waals surface area contributed by atoms with Crippen LogP contribution in [-0.4, -0.2) is 40.9 Å². The molecule has 0 radical (unpaired) electrons. The molecule has 1 unspecified atom stereocenters. The number of nitrogens with one attached hydrogen (secondary N) is 2. The summed E-state index contributed by atoms with van der Waals surface area (Å²) in [5, 5.41) is 13.7. The number of carbonyl (C=O) groups is 3. The number of benzene rings is 1. The first-order valence-corrected chi connectivity index (χ1v) is 7.05. The number of hydrogen-bond acceptors (Lipinski definition) is 4. The van der Waals surface area contributed by atoms with Gasteiger partial charge in [-0.15, -0.1) is 11.8 Å². The Morgan fingerprint density at radius 1 is 1.45 bits per heavy atom. The van der Waals surface area contributed by atoms with Gasteiger partial charge in [-0.3, -0.25) is 9.59 Å². The smallest absolute Gasteiger partial charge is 0.327 e. The lowest BCUT2D eigenvalue weighted by Gasteiger charge is -2.10. The zero-order chi connectivity index (χ0) is 15.0. The van der Waals surface area contributed by atoms with E-state index in [-0.39, 0.29) is 17.4 Å². The van der Waals surface area contributed by atoms with Crippen molar-refractivity contribution >= 4 is 35.7 Å². The molecule has 1 atom stereocenters. The first-order valence-electron chi connectivity index (χ1n) is 5.89. The highest BCUT2D eigenvalue weighted by Crippen LogP contribution is 2.11. The summed E-state index contributed by atoms with van der Waals surface area (Å²) in [7, 11) is 0. The third-order valence-electron chi connectivity index (χ3n) is 2.39. The maximum absolute atomic E-state index is 11.7. The molecule has 7 heteroatoms. The molecule has 0 aliphatic carbocycles. The number of thioether (sulfide) groups is 1. The Morgan fingerprint density at radius 3 is 2.80 bits per heavy atom. The minimum atomic E-state index is -1.12. The van der Waals surface area contributed by atoms with E-state index < -0.39 is 12.0 Å². The van der Waals surface area contributed by atoms with Gasteiger partial charge in [0.1, 0.15) is 6.04 Å². The van der Waals surface area contributed by atoms with E-state index in [9.17, 15) is 14.4 Å². The largest absolute Gasteiger partial charge is 0.480 e.